The van der Waals surface area contributed by atoms with Crippen LogP contribution in [0.15, 0.2) is 53.8 Å². The number of carbonyl (C=O) groups is 1. The highest BCUT2D eigenvalue weighted by Crippen LogP contribution is 2.55. The minimum atomic E-state index is -1.08. The summed E-state index contributed by atoms with van der Waals surface area (Å²) >= 11 is 0. The fraction of sp³-hybridized carbons (Fsp3) is 0.407. The molecule has 2 atom stereocenters. The van der Waals surface area contributed by atoms with Crippen molar-refractivity contribution in [3.05, 3.63) is 76.1 Å². The molecule has 1 spiro atoms. The van der Waals surface area contributed by atoms with Crippen LogP contribution < -0.4 is 4.74 Å². The molecule has 1 aliphatic carbocycles. The second-order valence-electron chi connectivity index (χ2n) is 9.43. The van der Waals surface area contributed by atoms with Crippen molar-refractivity contribution in [3.63, 3.8) is 0 Å². The molecule has 6 nitrogen and oxygen atoms in total. The zero-order valence-electron chi connectivity index (χ0n) is 18.6. The molecule has 33 heavy (non-hydrogen) atoms. The van der Waals surface area contributed by atoms with Crippen molar-refractivity contribution in [1.82, 2.24) is 0 Å². The summed E-state index contributed by atoms with van der Waals surface area (Å²) in [7, 11) is 1.63. The number of ether oxygens (including phenoxy) is 4. The Balaban J connectivity index is 1.50. The van der Waals surface area contributed by atoms with E-state index in [1.807, 2.05) is 36.4 Å². The van der Waals surface area contributed by atoms with Crippen molar-refractivity contribution in [3.8, 4) is 11.8 Å². The van der Waals surface area contributed by atoms with Crippen LogP contribution in [-0.4, -0.2) is 18.7 Å². The van der Waals surface area contributed by atoms with Crippen molar-refractivity contribution in [2.45, 2.75) is 62.4 Å². The van der Waals surface area contributed by atoms with Gasteiger partial charge in [0.1, 0.15) is 28.8 Å². The molecule has 0 aromatic heterocycles. The molecule has 6 heteroatoms. The van der Waals surface area contributed by atoms with Crippen molar-refractivity contribution < 1.29 is 23.7 Å². The van der Waals surface area contributed by atoms with Gasteiger partial charge < -0.3 is 18.9 Å². The molecule has 6 rings (SSSR count). The lowest BCUT2D eigenvalue weighted by molar-refractivity contribution is -0.278. The first-order valence-electron chi connectivity index (χ1n) is 11.6. The van der Waals surface area contributed by atoms with E-state index in [4.69, 9.17) is 18.9 Å². The number of nitriles is 1. The Morgan fingerprint density at radius 2 is 1.82 bits per heavy atom. The fourth-order valence-corrected chi connectivity index (χ4v) is 5.79. The second-order valence-corrected chi connectivity index (χ2v) is 9.43. The third-order valence-corrected chi connectivity index (χ3v) is 7.44. The fourth-order valence-electron chi connectivity index (χ4n) is 5.79. The predicted octanol–water partition coefficient (Wildman–Crippen LogP) is 4.97. The molecule has 0 amide bonds. The standard InChI is InChI=1S/C27H25NO5/c1-30-20-8-6-19(7-9-20)27-14-18-13-17(16-28)5-10-21(18)24(32-27)23-22(31-27)15-26(33-25(23)29)11-3-2-4-12-26/h5-10,13,24H,2-4,11-12,14-15H2,1H3/t24?,27-/m0/s1. The van der Waals surface area contributed by atoms with Gasteiger partial charge in [0.25, 0.3) is 0 Å². The summed E-state index contributed by atoms with van der Waals surface area (Å²) in [4.78, 5) is 13.4. The van der Waals surface area contributed by atoms with Crippen LogP contribution in [0.2, 0.25) is 0 Å². The molecular weight excluding hydrogens is 418 g/mol. The normalized spacial score (nSPS) is 27.0. The van der Waals surface area contributed by atoms with Crippen molar-refractivity contribution in [2.24, 2.45) is 0 Å². The summed E-state index contributed by atoms with van der Waals surface area (Å²) in [6, 6.07) is 15.4. The molecular formula is C27H25NO5. The summed E-state index contributed by atoms with van der Waals surface area (Å²) in [6.45, 7) is 0. The Kier molecular flexibility index (Phi) is 4.53. The van der Waals surface area contributed by atoms with Gasteiger partial charge in [-0.25, -0.2) is 4.79 Å². The zero-order valence-corrected chi connectivity index (χ0v) is 18.6. The highest BCUT2D eigenvalue weighted by Gasteiger charge is 2.55. The van der Waals surface area contributed by atoms with E-state index in [2.05, 4.69) is 6.07 Å². The molecule has 168 valence electrons. The quantitative estimate of drug-likeness (QED) is 0.610. The SMILES string of the molecule is COc1ccc([C@]23Cc4cc(C#N)ccc4C(O2)C2=C(CC4(CCCCC4)OC2=O)O3)cc1. The largest absolute Gasteiger partial charge is 0.497 e. The van der Waals surface area contributed by atoms with E-state index in [1.165, 1.54) is 6.42 Å². The van der Waals surface area contributed by atoms with Crippen LogP contribution in [0, 0.1) is 11.3 Å². The highest BCUT2D eigenvalue weighted by molar-refractivity contribution is 5.92. The molecule has 1 saturated carbocycles. The summed E-state index contributed by atoms with van der Waals surface area (Å²) in [6.07, 6.45) is 5.43. The van der Waals surface area contributed by atoms with Crippen molar-refractivity contribution in [1.29, 1.82) is 5.26 Å². The van der Waals surface area contributed by atoms with Gasteiger partial charge in [-0.2, -0.15) is 5.26 Å². The summed E-state index contributed by atoms with van der Waals surface area (Å²) < 4.78 is 24.7. The average Bonchev–Trinajstić information content (AvgIpc) is 2.83. The van der Waals surface area contributed by atoms with Gasteiger partial charge in [-0.3, -0.25) is 0 Å². The number of benzene rings is 2. The number of carbonyl (C=O) groups excluding carboxylic acids is 1. The molecule has 3 aliphatic heterocycles. The maximum atomic E-state index is 13.4. The Morgan fingerprint density at radius 1 is 1.03 bits per heavy atom. The molecule has 3 heterocycles. The molecule has 0 N–H and O–H groups in total. The second kappa shape index (κ2) is 7.36. The summed E-state index contributed by atoms with van der Waals surface area (Å²) in [5.41, 5.74) is 3.24. The predicted molar refractivity (Wildman–Crippen MR) is 118 cm³/mol. The van der Waals surface area contributed by atoms with E-state index in [9.17, 15) is 10.1 Å². The van der Waals surface area contributed by atoms with Crippen molar-refractivity contribution in [2.75, 3.05) is 7.11 Å². The first-order chi connectivity index (χ1) is 16.0. The maximum absolute atomic E-state index is 13.4. The van der Waals surface area contributed by atoms with Gasteiger partial charge in [0.05, 0.1) is 18.7 Å². The van der Waals surface area contributed by atoms with E-state index in [1.54, 1.807) is 13.2 Å². The van der Waals surface area contributed by atoms with Crippen LogP contribution in [0.25, 0.3) is 0 Å². The van der Waals surface area contributed by atoms with Gasteiger partial charge in [-0.15, -0.1) is 0 Å². The summed E-state index contributed by atoms with van der Waals surface area (Å²) in [5, 5.41) is 9.44. The first-order valence-corrected chi connectivity index (χ1v) is 11.6. The Bertz CT molecular complexity index is 1200. The van der Waals surface area contributed by atoms with Gasteiger partial charge in [0.2, 0.25) is 5.79 Å². The Labute approximate surface area is 192 Å². The Morgan fingerprint density at radius 3 is 2.55 bits per heavy atom. The summed E-state index contributed by atoms with van der Waals surface area (Å²) in [5.74, 6) is 0.0105. The number of esters is 1. The lowest BCUT2D eigenvalue weighted by atomic mass is 9.77. The molecule has 0 radical (unpaired) electrons. The van der Waals surface area contributed by atoms with Crippen LogP contribution in [0.5, 0.6) is 5.75 Å². The molecule has 2 aromatic carbocycles. The van der Waals surface area contributed by atoms with Gasteiger partial charge in [0.15, 0.2) is 0 Å². The molecule has 1 fully saturated rings. The van der Waals surface area contributed by atoms with Gasteiger partial charge in [0, 0.05) is 18.4 Å². The number of hydrogen-bond acceptors (Lipinski definition) is 6. The number of nitrogens with zero attached hydrogens (tertiary/aromatic N) is 1. The monoisotopic (exact) mass is 443 g/mol. The van der Waals surface area contributed by atoms with E-state index in [-0.39, 0.29) is 5.97 Å². The molecule has 1 unspecified atom stereocenters. The number of fused-ring (bicyclic) bond motifs is 5. The average molecular weight is 443 g/mol. The minimum Gasteiger partial charge on any atom is -0.497 e. The van der Waals surface area contributed by atoms with Crippen LogP contribution in [0.3, 0.4) is 0 Å². The topological polar surface area (TPSA) is 77.8 Å². The number of methoxy groups -OCH3 is 1. The molecule has 0 saturated heterocycles. The van der Waals surface area contributed by atoms with Crippen LogP contribution >= 0.6 is 0 Å². The highest BCUT2D eigenvalue weighted by atomic mass is 16.7. The van der Waals surface area contributed by atoms with Crippen LogP contribution in [0.4, 0.5) is 0 Å². The minimum absolute atomic E-state index is 0.344. The van der Waals surface area contributed by atoms with Gasteiger partial charge in [-0.1, -0.05) is 12.5 Å². The van der Waals surface area contributed by atoms with Gasteiger partial charge >= 0.3 is 5.97 Å². The smallest absolute Gasteiger partial charge is 0.341 e. The maximum Gasteiger partial charge on any atom is 0.341 e. The third kappa shape index (κ3) is 3.14. The van der Waals surface area contributed by atoms with E-state index in [0.717, 1.165) is 48.1 Å². The lowest BCUT2D eigenvalue weighted by Crippen LogP contribution is -2.51. The number of hydrogen-bond donors (Lipinski definition) is 0. The van der Waals surface area contributed by atoms with Crippen molar-refractivity contribution >= 4 is 5.97 Å². The first kappa shape index (κ1) is 20.3. The van der Waals surface area contributed by atoms with Gasteiger partial charge in [-0.05, 0) is 73.2 Å². The van der Waals surface area contributed by atoms with Crippen LogP contribution in [0.1, 0.15) is 66.9 Å². The van der Waals surface area contributed by atoms with Crippen LogP contribution in [-0.2, 0) is 31.2 Å². The molecule has 2 aromatic rings. The molecule has 4 aliphatic rings. The van der Waals surface area contributed by atoms with E-state index in [0.29, 0.717) is 29.7 Å². The third-order valence-electron chi connectivity index (χ3n) is 7.44. The van der Waals surface area contributed by atoms with E-state index < -0.39 is 17.5 Å². The molecule has 2 bridgehead atoms. The van der Waals surface area contributed by atoms with E-state index >= 15 is 0 Å². The number of rotatable bonds is 2. The lowest BCUT2D eigenvalue weighted by Gasteiger charge is -2.51. The zero-order chi connectivity index (χ0) is 22.6. The Hall–Kier alpha value is -3.30.